The standard InChI is InChI=1S/C31H41N3O7S/c1-39-28-11-10-25(42(37,38)34-18-21-40-22-19-34)23-26(28)29(35)33-16-13-31(14-17-33)12-6-2-3-7-24-8-4-5-9-27(24)41-20-15-32-30(31)36/h4-5,8-11,23H,2-3,6-7,12-22H2,1H3,(H,32,36). The van der Waals surface area contributed by atoms with Gasteiger partial charge in [0, 0.05) is 26.2 Å². The van der Waals surface area contributed by atoms with Crippen LogP contribution in [0.15, 0.2) is 47.4 Å². The first-order valence-electron chi connectivity index (χ1n) is 14.9. The molecule has 3 aliphatic rings. The van der Waals surface area contributed by atoms with Crippen LogP contribution in [-0.4, -0.2) is 89.1 Å². The molecular formula is C31H41N3O7S. The fourth-order valence-electron chi connectivity index (χ4n) is 6.17. The van der Waals surface area contributed by atoms with Gasteiger partial charge in [-0.05, 0) is 61.9 Å². The van der Waals surface area contributed by atoms with Crippen LogP contribution < -0.4 is 14.8 Å². The molecule has 2 amide bonds. The second-order valence-corrected chi connectivity index (χ2v) is 13.2. The van der Waals surface area contributed by atoms with E-state index < -0.39 is 15.4 Å². The molecule has 0 atom stereocenters. The Balaban J connectivity index is 1.28. The lowest BCUT2D eigenvalue weighted by atomic mass is 9.73. The molecule has 42 heavy (non-hydrogen) atoms. The molecule has 0 bridgehead atoms. The van der Waals surface area contributed by atoms with E-state index in [1.807, 2.05) is 18.2 Å². The molecule has 0 radical (unpaired) electrons. The highest BCUT2D eigenvalue weighted by atomic mass is 32.2. The lowest BCUT2D eigenvalue weighted by Gasteiger charge is -2.41. The van der Waals surface area contributed by atoms with Gasteiger partial charge in [0.05, 0.1) is 42.7 Å². The first kappa shape index (κ1) is 30.3. The van der Waals surface area contributed by atoms with Crippen LogP contribution in [0.5, 0.6) is 11.5 Å². The summed E-state index contributed by atoms with van der Waals surface area (Å²) in [5, 5.41) is 3.09. The molecular weight excluding hydrogens is 558 g/mol. The number of fused-ring (bicyclic) bond motifs is 1. The maximum Gasteiger partial charge on any atom is 0.257 e. The van der Waals surface area contributed by atoms with Crippen molar-refractivity contribution in [1.29, 1.82) is 0 Å². The largest absolute Gasteiger partial charge is 0.496 e. The predicted molar refractivity (Wildman–Crippen MR) is 157 cm³/mol. The van der Waals surface area contributed by atoms with Gasteiger partial charge in [0.15, 0.2) is 0 Å². The van der Waals surface area contributed by atoms with Crippen LogP contribution in [0.25, 0.3) is 0 Å². The van der Waals surface area contributed by atoms with Gasteiger partial charge in [-0.3, -0.25) is 9.59 Å². The van der Waals surface area contributed by atoms with Crippen molar-refractivity contribution < 1.29 is 32.2 Å². The molecule has 11 heteroatoms. The Kier molecular flexibility index (Phi) is 9.70. The lowest BCUT2D eigenvalue weighted by Crippen LogP contribution is -2.50. The van der Waals surface area contributed by atoms with Crippen molar-refractivity contribution >= 4 is 21.8 Å². The molecule has 10 nitrogen and oxygen atoms in total. The highest BCUT2D eigenvalue weighted by Gasteiger charge is 2.42. The van der Waals surface area contributed by atoms with E-state index in [9.17, 15) is 18.0 Å². The number of ether oxygens (including phenoxy) is 3. The molecule has 228 valence electrons. The molecule has 3 heterocycles. The Hall–Kier alpha value is -3.15. The Labute approximate surface area is 248 Å². The zero-order valence-corrected chi connectivity index (χ0v) is 25.1. The number of para-hydroxylation sites is 1. The van der Waals surface area contributed by atoms with Crippen molar-refractivity contribution in [3.05, 3.63) is 53.6 Å². The van der Waals surface area contributed by atoms with E-state index >= 15 is 0 Å². The summed E-state index contributed by atoms with van der Waals surface area (Å²) in [7, 11) is -2.31. The minimum absolute atomic E-state index is 0.0157. The molecule has 0 unspecified atom stereocenters. The third-order valence-corrected chi connectivity index (χ3v) is 10.6. The molecule has 2 aromatic carbocycles. The molecule has 0 saturated carbocycles. The molecule has 0 aromatic heterocycles. The number of rotatable bonds is 4. The van der Waals surface area contributed by atoms with Crippen LogP contribution in [0.4, 0.5) is 0 Å². The van der Waals surface area contributed by atoms with Crippen LogP contribution in [0.2, 0.25) is 0 Å². The van der Waals surface area contributed by atoms with Gasteiger partial charge in [0.25, 0.3) is 5.91 Å². The molecule has 0 aliphatic carbocycles. The van der Waals surface area contributed by atoms with Crippen molar-refractivity contribution in [3.63, 3.8) is 0 Å². The van der Waals surface area contributed by atoms with Gasteiger partial charge in [-0.1, -0.05) is 31.0 Å². The van der Waals surface area contributed by atoms with Crippen LogP contribution >= 0.6 is 0 Å². The fraction of sp³-hybridized carbons (Fsp3) is 0.548. The number of hydrogen-bond donors (Lipinski definition) is 1. The summed E-state index contributed by atoms with van der Waals surface area (Å²) in [6, 6.07) is 12.5. The van der Waals surface area contributed by atoms with Crippen molar-refractivity contribution in [3.8, 4) is 11.5 Å². The van der Waals surface area contributed by atoms with Gasteiger partial charge in [-0.25, -0.2) is 8.42 Å². The smallest absolute Gasteiger partial charge is 0.257 e. The number of nitrogens with one attached hydrogen (secondary N) is 1. The summed E-state index contributed by atoms with van der Waals surface area (Å²) in [5.41, 5.74) is 0.851. The van der Waals surface area contributed by atoms with Gasteiger partial charge in [0.2, 0.25) is 15.9 Å². The molecule has 5 rings (SSSR count). The number of morpholine rings is 1. The van der Waals surface area contributed by atoms with E-state index in [0.717, 1.165) is 37.9 Å². The van der Waals surface area contributed by atoms with Crippen LogP contribution in [0.1, 0.15) is 54.4 Å². The van der Waals surface area contributed by atoms with Gasteiger partial charge in [-0.2, -0.15) is 4.31 Å². The maximum atomic E-state index is 13.7. The zero-order valence-electron chi connectivity index (χ0n) is 24.3. The predicted octanol–water partition coefficient (Wildman–Crippen LogP) is 3.25. The van der Waals surface area contributed by atoms with Crippen LogP contribution in [-0.2, 0) is 26.0 Å². The van der Waals surface area contributed by atoms with Crippen molar-refractivity contribution in [1.82, 2.24) is 14.5 Å². The molecule has 2 aromatic rings. The van der Waals surface area contributed by atoms with E-state index in [1.165, 1.54) is 35.2 Å². The average Bonchev–Trinajstić information content (AvgIpc) is 3.04. The van der Waals surface area contributed by atoms with E-state index in [4.69, 9.17) is 14.2 Å². The van der Waals surface area contributed by atoms with E-state index in [1.54, 1.807) is 4.90 Å². The van der Waals surface area contributed by atoms with E-state index in [0.29, 0.717) is 58.0 Å². The van der Waals surface area contributed by atoms with Gasteiger partial charge in [0.1, 0.15) is 18.1 Å². The second kappa shape index (κ2) is 13.4. The SMILES string of the molecule is COc1ccc(S(=O)(=O)N2CCOCC2)cc1C(=O)N1CCC2(CCCCCc3ccccc3OCCNC2=O)CC1. The third kappa shape index (κ3) is 6.58. The molecule has 1 N–H and O–H groups in total. The van der Waals surface area contributed by atoms with Gasteiger partial charge < -0.3 is 24.4 Å². The number of hydrogen-bond acceptors (Lipinski definition) is 7. The van der Waals surface area contributed by atoms with Crippen LogP contribution in [0, 0.1) is 5.41 Å². The minimum atomic E-state index is -3.78. The Morgan fingerprint density at radius 3 is 2.48 bits per heavy atom. The summed E-state index contributed by atoms with van der Waals surface area (Å²) < 4.78 is 44.7. The first-order valence-corrected chi connectivity index (χ1v) is 16.3. The maximum absolute atomic E-state index is 13.7. The third-order valence-electron chi connectivity index (χ3n) is 8.72. The number of carbonyl (C=O) groups is 2. The normalized spacial score (nSPS) is 20.7. The summed E-state index contributed by atoms with van der Waals surface area (Å²) in [6.45, 7) is 2.83. The Morgan fingerprint density at radius 2 is 1.71 bits per heavy atom. The van der Waals surface area contributed by atoms with Gasteiger partial charge >= 0.3 is 0 Å². The quantitative estimate of drug-likeness (QED) is 0.574. The zero-order chi connectivity index (χ0) is 29.6. The highest BCUT2D eigenvalue weighted by molar-refractivity contribution is 7.89. The number of likely N-dealkylation sites (tertiary alicyclic amines) is 1. The van der Waals surface area contributed by atoms with Crippen molar-refractivity contribution in [2.45, 2.75) is 49.8 Å². The number of piperidine rings is 1. The highest BCUT2D eigenvalue weighted by Crippen LogP contribution is 2.38. The number of nitrogens with zero attached hydrogens (tertiary/aromatic N) is 2. The number of aryl methyl sites for hydroxylation is 1. The molecule has 2 saturated heterocycles. The molecule has 3 aliphatic heterocycles. The number of sulfonamides is 1. The summed E-state index contributed by atoms with van der Waals surface area (Å²) in [5.74, 6) is 0.922. The summed E-state index contributed by atoms with van der Waals surface area (Å²) >= 11 is 0. The minimum Gasteiger partial charge on any atom is -0.496 e. The Morgan fingerprint density at radius 1 is 0.952 bits per heavy atom. The fourth-order valence-corrected chi connectivity index (χ4v) is 7.60. The van der Waals surface area contributed by atoms with Crippen molar-refractivity contribution in [2.75, 3.05) is 59.7 Å². The summed E-state index contributed by atoms with van der Waals surface area (Å²) in [6.07, 6.45) is 5.74. The number of carbonyl (C=O) groups excluding carboxylic acids is 2. The number of amides is 2. The molecule has 1 spiro atoms. The van der Waals surface area contributed by atoms with Crippen molar-refractivity contribution in [2.24, 2.45) is 5.41 Å². The van der Waals surface area contributed by atoms with E-state index in [-0.39, 0.29) is 35.4 Å². The van der Waals surface area contributed by atoms with Crippen LogP contribution in [0.3, 0.4) is 0 Å². The summed E-state index contributed by atoms with van der Waals surface area (Å²) in [4.78, 5) is 29.0. The number of methoxy groups -OCH3 is 1. The average molecular weight is 600 g/mol. The lowest BCUT2D eigenvalue weighted by molar-refractivity contribution is -0.134. The first-order chi connectivity index (χ1) is 20.3. The Bertz CT molecular complexity index is 1370. The second-order valence-electron chi connectivity index (χ2n) is 11.2. The van der Waals surface area contributed by atoms with Gasteiger partial charge in [-0.15, -0.1) is 0 Å². The topological polar surface area (TPSA) is 114 Å². The van der Waals surface area contributed by atoms with E-state index in [2.05, 4.69) is 11.4 Å². The monoisotopic (exact) mass is 599 g/mol. The number of benzene rings is 2. The molecule has 2 fully saturated rings.